The van der Waals surface area contributed by atoms with E-state index >= 15 is 0 Å². The van der Waals surface area contributed by atoms with E-state index in [2.05, 4.69) is 14.9 Å². The molecule has 2 heterocycles. The number of alkyl halides is 2. The maximum Gasteiger partial charge on any atom is 0.387 e. The first kappa shape index (κ1) is 13.0. The van der Waals surface area contributed by atoms with Gasteiger partial charge in [0.15, 0.2) is 11.5 Å². The van der Waals surface area contributed by atoms with Crippen LogP contribution in [0.2, 0.25) is 0 Å². The minimum Gasteiger partial charge on any atom is -0.435 e. The van der Waals surface area contributed by atoms with Gasteiger partial charge >= 0.3 is 6.61 Å². The number of nitrogens with zero attached hydrogens (tertiary/aromatic N) is 4. The number of nitriles is 1. The fourth-order valence-corrected chi connectivity index (χ4v) is 1.94. The summed E-state index contributed by atoms with van der Waals surface area (Å²) in [6, 6.07) is 11.4. The van der Waals surface area contributed by atoms with Gasteiger partial charge in [-0.1, -0.05) is 0 Å². The zero-order valence-corrected chi connectivity index (χ0v) is 10.6. The van der Waals surface area contributed by atoms with Gasteiger partial charge in [-0.05, 0) is 30.3 Å². The Hall–Kier alpha value is -3.01. The molecule has 0 amide bonds. The molecule has 0 saturated carbocycles. The van der Waals surface area contributed by atoms with Crippen molar-refractivity contribution in [2.45, 2.75) is 6.61 Å². The van der Waals surface area contributed by atoms with Crippen LogP contribution in [-0.4, -0.2) is 21.2 Å². The smallest absolute Gasteiger partial charge is 0.387 e. The Bertz CT molecular complexity index is 821. The molecule has 104 valence electrons. The highest BCUT2D eigenvalue weighted by Crippen LogP contribution is 2.22. The molecule has 2 aromatic heterocycles. The summed E-state index contributed by atoms with van der Waals surface area (Å²) in [6.45, 7) is -2.85. The minimum absolute atomic E-state index is 0.0781. The van der Waals surface area contributed by atoms with E-state index in [1.54, 1.807) is 34.9 Å². The molecule has 21 heavy (non-hydrogen) atoms. The highest BCUT2D eigenvalue weighted by Gasteiger charge is 2.10. The quantitative estimate of drug-likeness (QED) is 0.742. The van der Waals surface area contributed by atoms with Crippen LogP contribution in [0.4, 0.5) is 8.78 Å². The van der Waals surface area contributed by atoms with Crippen LogP contribution < -0.4 is 4.74 Å². The molecule has 0 saturated heterocycles. The maximum atomic E-state index is 12.1. The fraction of sp³-hybridized carbons (Fsp3) is 0.0714. The molecule has 0 aliphatic rings. The molecular weight excluding hydrogens is 278 g/mol. The number of hydrogen-bond acceptors (Lipinski definition) is 4. The zero-order valence-electron chi connectivity index (χ0n) is 10.6. The topological polar surface area (TPSA) is 63.2 Å². The van der Waals surface area contributed by atoms with Crippen molar-refractivity contribution in [3.63, 3.8) is 0 Å². The molecule has 1 aromatic carbocycles. The normalized spacial score (nSPS) is 10.8. The van der Waals surface area contributed by atoms with Crippen molar-refractivity contribution in [3.8, 4) is 23.2 Å². The van der Waals surface area contributed by atoms with Gasteiger partial charge in [-0.15, -0.1) is 10.2 Å². The van der Waals surface area contributed by atoms with Crippen molar-refractivity contribution in [1.82, 2.24) is 14.6 Å². The molecule has 0 bridgehead atoms. The van der Waals surface area contributed by atoms with Gasteiger partial charge in [0.2, 0.25) is 0 Å². The summed E-state index contributed by atoms with van der Waals surface area (Å²) >= 11 is 0. The molecule has 0 radical (unpaired) electrons. The van der Waals surface area contributed by atoms with Crippen LogP contribution >= 0.6 is 0 Å². The van der Waals surface area contributed by atoms with E-state index in [9.17, 15) is 8.78 Å². The summed E-state index contributed by atoms with van der Waals surface area (Å²) in [7, 11) is 0. The Morgan fingerprint density at radius 3 is 2.57 bits per heavy atom. The van der Waals surface area contributed by atoms with E-state index < -0.39 is 6.61 Å². The predicted octanol–water partition coefficient (Wildman–Crippen LogP) is 2.87. The summed E-state index contributed by atoms with van der Waals surface area (Å²) in [4.78, 5) is 0. The number of halogens is 2. The monoisotopic (exact) mass is 286 g/mol. The number of hydrogen-bond donors (Lipinski definition) is 0. The van der Waals surface area contributed by atoms with Crippen molar-refractivity contribution < 1.29 is 13.5 Å². The van der Waals surface area contributed by atoms with Gasteiger partial charge in [0, 0.05) is 17.8 Å². The summed E-state index contributed by atoms with van der Waals surface area (Å²) in [5.74, 6) is 0.632. The van der Waals surface area contributed by atoms with Gasteiger partial charge in [-0.3, -0.25) is 4.40 Å². The Balaban J connectivity index is 1.99. The molecule has 0 unspecified atom stereocenters. The summed E-state index contributed by atoms with van der Waals surface area (Å²) in [5, 5.41) is 16.9. The van der Waals surface area contributed by atoms with E-state index in [-0.39, 0.29) is 5.75 Å². The standard InChI is InChI=1S/C14H8F2N4O/c15-14(16)21-11-3-1-10(2-4-11)13-19-18-12-7-9(8-17)5-6-20(12)13/h1-7,14H. The first-order valence-electron chi connectivity index (χ1n) is 5.97. The third-order valence-corrected chi connectivity index (χ3v) is 2.88. The molecule has 0 aliphatic heterocycles. The lowest BCUT2D eigenvalue weighted by atomic mass is 10.2. The molecule has 3 rings (SSSR count). The number of benzene rings is 1. The number of pyridine rings is 1. The number of ether oxygens (including phenoxy) is 1. The van der Waals surface area contributed by atoms with Crippen LogP contribution in [0.15, 0.2) is 42.6 Å². The SMILES string of the molecule is N#Cc1ccn2c(-c3ccc(OC(F)F)cc3)nnc2c1. The van der Waals surface area contributed by atoms with Crippen molar-refractivity contribution in [2.75, 3.05) is 0 Å². The lowest BCUT2D eigenvalue weighted by Crippen LogP contribution is -2.01. The van der Waals surface area contributed by atoms with Gasteiger partial charge in [0.1, 0.15) is 5.75 Å². The van der Waals surface area contributed by atoms with Crippen molar-refractivity contribution in [1.29, 1.82) is 5.26 Å². The average molecular weight is 286 g/mol. The summed E-state index contributed by atoms with van der Waals surface area (Å²) in [5.41, 5.74) is 1.73. The minimum atomic E-state index is -2.85. The summed E-state index contributed by atoms with van der Waals surface area (Å²) in [6.07, 6.45) is 1.69. The summed E-state index contributed by atoms with van der Waals surface area (Å²) < 4.78 is 30.2. The third kappa shape index (κ3) is 2.51. The van der Waals surface area contributed by atoms with Gasteiger partial charge in [-0.2, -0.15) is 14.0 Å². The number of fused-ring (bicyclic) bond motifs is 1. The van der Waals surface area contributed by atoms with Crippen LogP contribution in [-0.2, 0) is 0 Å². The second-order valence-corrected chi connectivity index (χ2v) is 4.18. The fourth-order valence-electron chi connectivity index (χ4n) is 1.94. The van der Waals surface area contributed by atoms with E-state index in [1.165, 1.54) is 12.1 Å². The molecule has 5 nitrogen and oxygen atoms in total. The number of aromatic nitrogens is 3. The third-order valence-electron chi connectivity index (χ3n) is 2.88. The molecule has 7 heteroatoms. The van der Waals surface area contributed by atoms with Crippen LogP contribution in [0.3, 0.4) is 0 Å². The van der Waals surface area contributed by atoms with Gasteiger partial charge < -0.3 is 4.74 Å². The maximum absolute atomic E-state index is 12.1. The van der Waals surface area contributed by atoms with Crippen LogP contribution in [0, 0.1) is 11.3 Å². The van der Waals surface area contributed by atoms with Crippen molar-refractivity contribution in [3.05, 3.63) is 48.2 Å². The molecule has 0 atom stereocenters. The first-order chi connectivity index (χ1) is 10.2. The molecule has 3 aromatic rings. The second kappa shape index (κ2) is 5.17. The molecular formula is C14H8F2N4O. The van der Waals surface area contributed by atoms with E-state index in [0.717, 1.165) is 0 Å². The molecule has 0 spiro atoms. The molecule has 0 fully saturated rings. The van der Waals surface area contributed by atoms with Crippen molar-refractivity contribution >= 4 is 5.65 Å². The lowest BCUT2D eigenvalue weighted by molar-refractivity contribution is -0.0498. The number of rotatable bonds is 3. The predicted molar refractivity (Wildman–Crippen MR) is 69.8 cm³/mol. The molecule has 0 N–H and O–H groups in total. The molecule has 0 aliphatic carbocycles. The van der Waals surface area contributed by atoms with E-state index in [1.807, 2.05) is 6.07 Å². The highest BCUT2D eigenvalue weighted by molar-refractivity contribution is 5.61. The zero-order chi connectivity index (χ0) is 14.8. The Kier molecular flexibility index (Phi) is 3.20. The second-order valence-electron chi connectivity index (χ2n) is 4.18. The van der Waals surface area contributed by atoms with E-state index in [0.29, 0.717) is 22.6 Å². The lowest BCUT2D eigenvalue weighted by Gasteiger charge is -2.05. The van der Waals surface area contributed by atoms with Gasteiger partial charge in [0.25, 0.3) is 0 Å². The average Bonchev–Trinajstić information content (AvgIpc) is 2.90. The van der Waals surface area contributed by atoms with Gasteiger partial charge in [0.05, 0.1) is 11.6 Å². The van der Waals surface area contributed by atoms with Crippen LogP contribution in [0.5, 0.6) is 5.75 Å². The van der Waals surface area contributed by atoms with Crippen LogP contribution in [0.1, 0.15) is 5.56 Å². The largest absolute Gasteiger partial charge is 0.435 e. The van der Waals surface area contributed by atoms with Crippen molar-refractivity contribution in [2.24, 2.45) is 0 Å². The van der Waals surface area contributed by atoms with Crippen LogP contribution in [0.25, 0.3) is 17.0 Å². The van der Waals surface area contributed by atoms with E-state index in [4.69, 9.17) is 5.26 Å². The highest BCUT2D eigenvalue weighted by atomic mass is 19.3. The van der Waals surface area contributed by atoms with Gasteiger partial charge in [-0.25, -0.2) is 0 Å². The first-order valence-corrected chi connectivity index (χ1v) is 5.97. The Morgan fingerprint density at radius 1 is 1.14 bits per heavy atom. The Labute approximate surface area is 118 Å². The Morgan fingerprint density at radius 2 is 1.90 bits per heavy atom.